The molecule has 2 aromatic rings. The van der Waals surface area contributed by atoms with Crippen LogP contribution in [0.15, 0.2) is 46.4 Å². The zero-order valence-electron chi connectivity index (χ0n) is 23.6. The zero-order valence-corrected chi connectivity index (χ0v) is 25.2. The lowest BCUT2D eigenvalue weighted by Crippen LogP contribution is -2.54. The first-order valence-corrected chi connectivity index (χ1v) is 15.2. The van der Waals surface area contributed by atoms with Crippen molar-refractivity contribution in [3.8, 4) is 11.5 Å². The Morgan fingerprint density at radius 1 is 1.05 bits per heavy atom. The number of hydrogen-bond donors (Lipinski definition) is 1. The lowest BCUT2D eigenvalue weighted by Gasteiger charge is -2.57. The topological polar surface area (TPSA) is 111 Å². The summed E-state index contributed by atoms with van der Waals surface area (Å²) in [5.41, 5.74) is 2.14. The number of ether oxygens (including phenoxy) is 3. The average Bonchev–Trinajstić information content (AvgIpc) is 2.94. The van der Waals surface area contributed by atoms with E-state index in [1.165, 1.54) is 57.3 Å². The van der Waals surface area contributed by atoms with Crippen LogP contribution >= 0.6 is 15.9 Å². The molecular formula is C32H33BrN2O7. The number of esters is 1. The predicted octanol–water partition coefficient (Wildman–Crippen LogP) is 5.53. The van der Waals surface area contributed by atoms with Crippen LogP contribution in [0.1, 0.15) is 56.6 Å². The molecule has 0 aromatic heterocycles. The zero-order chi connectivity index (χ0) is 29.6. The maximum absolute atomic E-state index is 13.6. The van der Waals surface area contributed by atoms with Gasteiger partial charge >= 0.3 is 12.0 Å². The minimum absolute atomic E-state index is 0.196. The fourth-order valence-corrected chi connectivity index (χ4v) is 8.36. The van der Waals surface area contributed by atoms with Crippen molar-refractivity contribution >= 4 is 51.5 Å². The summed E-state index contributed by atoms with van der Waals surface area (Å²) in [7, 11) is 1.43. The monoisotopic (exact) mass is 636 g/mol. The molecule has 1 heterocycles. The predicted molar refractivity (Wildman–Crippen MR) is 158 cm³/mol. The number of methoxy groups -OCH3 is 1. The number of halogens is 1. The third kappa shape index (κ3) is 5.21. The molecule has 0 atom stereocenters. The van der Waals surface area contributed by atoms with E-state index in [1.54, 1.807) is 19.1 Å². The highest BCUT2D eigenvalue weighted by Gasteiger charge is 2.51. The largest absolute Gasteiger partial charge is 0.493 e. The molecular weight excluding hydrogens is 604 g/mol. The number of rotatable bonds is 8. The van der Waals surface area contributed by atoms with Gasteiger partial charge in [0.05, 0.1) is 23.9 Å². The van der Waals surface area contributed by atoms with Crippen molar-refractivity contribution in [1.82, 2.24) is 5.32 Å². The molecule has 0 spiro atoms. The van der Waals surface area contributed by atoms with Crippen LogP contribution in [-0.4, -0.2) is 44.1 Å². The smallest absolute Gasteiger partial charge is 0.344 e. The summed E-state index contributed by atoms with van der Waals surface area (Å²) in [5, 5.41) is 2.29. The number of imide groups is 2. The van der Waals surface area contributed by atoms with E-state index in [0.717, 1.165) is 22.7 Å². The number of urea groups is 1. The van der Waals surface area contributed by atoms with E-state index in [2.05, 4.69) is 33.4 Å². The maximum atomic E-state index is 13.6. The molecule has 5 aliphatic rings. The fraction of sp³-hybridized carbons (Fsp3) is 0.438. The highest BCUT2D eigenvalue weighted by atomic mass is 79.9. The van der Waals surface area contributed by atoms with Crippen LogP contribution in [0.2, 0.25) is 0 Å². The Morgan fingerprint density at radius 3 is 2.29 bits per heavy atom. The van der Waals surface area contributed by atoms with Crippen LogP contribution in [0.25, 0.3) is 6.08 Å². The van der Waals surface area contributed by atoms with Gasteiger partial charge in [0.2, 0.25) is 0 Å². The van der Waals surface area contributed by atoms with Gasteiger partial charge < -0.3 is 14.2 Å². The minimum atomic E-state index is -0.788. The van der Waals surface area contributed by atoms with Gasteiger partial charge in [0, 0.05) is 0 Å². The van der Waals surface area contributed by atoms with Gasteiger partial charge in [0.15, 0.2) is 18.1 Å². The second kappa shape index (κ2) is 11.2. The molecule has 1 N–H and O–H groups in total. The summed E-state index contributed by atoms with van der Waals surface area (Å²) < 4.78 is 16.3. The van der Waals surface area contributed by atoms with E-state index < -0.39 is 23.8 Å². The van der Waals surface area contributed by atoms with Gasteiger partial charge in [-0.3, -0.25) is 14.9 Å². The summed E-state index contributed by atoms with van der Waals surface area (Å²) >= 11 is 3.41. The molecule has 4 amide bonds. The van der Waals surface area contributed by atoms with Crippen molar-refractivity contribution in [2.45, 2.75) is 50.9 Å². The van der Waals surface area contributed by atoms with Crippen LogP contribution < -0.4 is 19.7 Å². The number of nitrogens with one attached hydrogen (secondary N) is 1. The second-order valence-electron chi connectivity index (χ2n) is 11.8. The molecule has 4 aliphatic carbocycles. The highest BCUT2D eigenvalue weighted by molar-refractivity contribution is 9.10. The van der Waals surface area contributed by atoms with Crippen molar-refractivity contribution in [3.63, 3.8) is 0 Å². The van der Waals surface area contributed by atoms with Crippen molar-refractivity contribution in [3.05, 3.63) is 57.6 Å². The SMILES string of the molecule is CCOC(=O)COc1c(Br)cc(/C=C2\C(=O)NC(=O)N(c3ccc(C45CC6CC(CC(C6)C4)C5)cc3)C2=O)cc1OC. The molecule has 5 fully saturated rings. The molecule has 10 heteroatoms. The lowest BCUT2D eigenvalue weighted by molar-refractivity contribution is -0.145. The molecule has 4 saturated carbocycles. The van der Waals surface area contributed by atoms with Crippen LogP contribution in [0, 0.1) is 17.8 Å². The fourth-order valence-electron chi connectivity index (χ4n) is 7.78. The van der Waals surface area contributed by atoms with Gasteiger partial charge in [-0.1, -0.05) is 12.1 Å². The Bertz CT molecular complexity index is 1450. The third-order valence-corrected chi connectivity index (χ3v) is 9.67. The summed E-state index contributed by atoms with van der Waals surface area (Å²) in [4.78, 5) is 51.9. The van der Waals surface area contributed by atoms with Crippen molar-refractivity contribution in [2.24, 2.45) is 17.8 Å². The number of hydrogen-bond acceptors (Lipinski definition) is 7. The van der Waals surface area contributed by atoms with E-state index >= 15 is 0 Å². The number of nitrogens with zero attached hydrogens (tertiary/aromatic N) is 1. The number of barbiturate groups is 1. The van der Waals surface area contributed by atoms with E-state index in [-0.39, 0.29) is 35.7 Å². The van der Waals surface area contributed by atoms with Crippen molar-refractivity contribution < 1.29 is 33.4 Å². The molecule has 1 saturated heterocycles. The van der Waals surface area contributed by atoms with E-state index in [0.29, 0.717) is 15.7 Å². The van der Waals surface area contributed by atoms with Crippen molar-refractivity contribution in [1.29, 1.82) is 0 Å². The van der Waals surface area contributed by atoms with Crippen molar-refractivity contribution in [2.75, 3.05) is 25.2 Å². The number of benzene rings is 2. The maximum Gasteiger partial charge on any atom is 0.344 e. The Kier molecular flexibility index (Phi) is 7.59. The number of anilines is 1. The van der Waals surface area contributed by atoms with E-state index in [4.69, 9.17) is 14.2 Å². The first kappa shape index (κ1) is 28.5. The molecule has 0 unspecified atom stereocenters. The Morgan fingerprint density at radius 2 is 1.69 bits per heavy atom. The van der Waals surface area contributed by atoms with Crippen LogP contribution in [0.5, 0.6) is 11.5 Å². The van der Waals surface area contributed by atoms with Gasteiger partial charge in [0.25, 0.3) is 11.8 Å². The van der Waals surface area contributed by atoms with Crippen LogP contribution in [0.3, 0.4) is 0 Å². The third-order valence-electron chi connectivity index (χ3n) is 9.08. The van der Waals surface area contributed by atoms with Gasteiger partial charge in [-0.15, -0.1) is 0 Å². The standard InChI is InChI=1S/C32H33BrN2O7/c1-3-41-27(36)17-42-28-25(33)12-18(13-26(28)40-2)11-24-29(37)34-31(39)35(30(24)38)23-6-4-22(5-7-23)32-14-19-8-20(15-32)10-21(9-19)16-32/h4-7,11-13,19-21H,3,8-10,14-17H2,1-2H3,(H,34,37,39)/b24-11+. The summed E-state index contributed by atoms with van der Waals surface area (Å²) in [6.45, 7) is 1.62. The average molecular weight is 638 g/mol. The number of amides is 4. The van der Waals surface area contributed by atoms with Gasteiger partial charge in [-0.2, -0.15) is 0 Å². The molecule has 9 nitrogen and oxygen atoms in total. The number of carbonyl (C=O) groups is 4. The Hall–Kier alpha value is -3.66. The van der Waals surface area contributed by atoms with Crippen LogP contribution in [-0.2, 0) is 24.5 Å². The summed E-state index contributed by atoms with van der Waals surface area (Å²) in [5.74, 6) is 0.925. The van der Waals surface area contributed by atoms with Gasteiger partial charge in [-0.05, 0) is 126 Å². The molecule has 220 valence electrons. The minimum Gasteiger partial charge on any atom is -0.493 e. The Labute approximate surface area is 252 Å². The lowest BCUT2D eigenvalue weighted by atomic mass is 9.48. The first-order chi connectivity index (χ1) is 20.2. The normalized spacial score (nSPS) is 27.3. The molecule has 1 aliphatic heterocycles. The molecule has 42 heavy (non-hydrogen) atoms. The second-order valence-corrected chi connectivity index (χ2v) is 12.7. The summed E-state index contributed by atoms with van der Waals surface area (Å²) in [6, 6.07) is 10.1. The Balaban J connectivity index is 1.24. The van der Waals surface area contributed by atoms with Gasteiger partial charge in [0.1, 0.15) is 5.57 Å². The molecule has 4 bridgehead atoms. The summed E-state index contributed by atoms with van der Waals surface area (Å²) in [6.07, 6.45) is 9.11. The number of carbonyl (C=O) groups excluding carboxylic acids is 4. The molecule has 2 aromatic carbocycles. The van der Waals surface area contributed by atoms with Crippen LogP contribution in [0.4, 0.5) is 10.5 Å². The molecule has 7 rings (SSSR count). The quantitative estimate of drug-likeness (QED) is 0.230. The highest BCUT2D eigenvalue weighted by Crippen LogP contribution is 2.60. The first-order valence-electron chi connectivity index (χ1n) is 14.4. The van der Waals surface area contributed by atoms with E-state index in [1.807, 2.05) is 12.1 Å². The molecule has 0 radical (unpaired) electrons. The van der Waals surface area contributed by atoms with Gasteiger partial charge in [-0.25, -0.2) is 14.5 Å². The van der Waals surface area contributed by atoms with E-state index in [9.17, 15) is 19.2 Å².